The van der Waals surface area contributed by atoms with E-state index in [1.54, 1.807) is 16.3 Å². The lowest BCUT2D eigenvalue weighted by Gasteiger charge is -2.21. The van der Waals surface area contributed by atoms with Crippen LogP contribution in [0.15, 0.2) is 9.95 Å². The number of nitrogens with one attached hydrogen (secondary N) is 2. The molecule has 0 aromatic carbocycles. The SMILES string of the molecule is CCNC(CSc1n[nH]c(=O)n1C(C)C)C(C)C. The van der Waals surface area contributed by atoms with Crippen molar-refractivity contribution in [3.8, 4) is 0 Å². The smallest absolute Gasteiger partial charge is 0.313 e. The van der Waals surface area contributed by atoms with Crippen LogP contribution in [0.4, 0.5) is 0 Å². The Morgan fingerprint density at radius 3 is 2.56 bits per heavy atom. The van der Waals surface area contributed by atoms with Crippen molar-refractivity contribution >= 4 is 11.8 Å². The molecule has 0 aliphatic rings. The van der Waals surface area contributed by atoms with Gasteiger partial charge in [-0.05, 0) is 26.3 Å². The highest BCUT2D eigenvalue weighted by Gasteiger charge is 2.16. The molecule has 0 radical (unpaired) electrons. The number of aromatic nitrogens is 3. The number of H-pyrrole nitrogens is 1. The van der Waals surface area contributed by atoms with Crippen molar-refractivity contribution in [1.29, 1.82) is 0 Å². The van der Waals surface area contributed by atoms with Crippen LogP contribution in [0.3, 0.4) is 0 Å². The van der Waals surface area contributed by atoms with Gasteiger partial charge in [-0.2, -0.15) is 0 Å². The van der Waals surface area contributed by atoms with Crippen LogP contribution in [-0.4, -0.2) is 33.1 Å². The van der Waals surface area contributed by atoms with Gasteiger partial charge in [0.05, 0.1) is 0 Å². The van der Waals surface area contributed by atoms with Gasteiger partial charge in [-0.25, -0.2) is 9.89 Å². The lowest BCUT2D eigenvalue weighted by atomic mass is 10.1. The fourth-order valence-corrected chi connectivity index (χ4v) is 3.14. The molecular formula is C12H24N4OS. The molecule has 0 saturated heterocycles. The molecule has 1 atom stereocenters. The second-order valence-corrected chi connectivity index (χ2v) is 5.98. The summed E-state index contributed by atoms with van der Waals surface area (Å²) in [5.41, 5.74) is -0.128. The van der Waals surface area contributed by atoms with Gasteiger partial charge in [0, 0.05) is 17.8 Å². The van der Waals surface area contributed by atoms with Crippen molar-refractivity contribution in [2.45, 2.75) is 51.9 Å². The van der Waals surface area contributed by atoms with E-state index in [0.29, 0.717) is 12.0 Å². The van der Waals surface area contributed by atoms with Crippen LogP contribution in [0.25, 0.3) is 0 Å². The molecule has 1 aromatic heterocycles. The Bertz CT molecular complexity index is 410. The molecule has 0 aliphatic carbocycles. The summed E-state index contributed by atoms with van der Waals surface area (Å²) in [7, 11) is 0. The zero-order chi connectivity index (χ0) is 13.7. The number of hydrogen-bond donors (Lipinski definition) is 2. The molecule has 0 saturated carbocycles. The first kappa shape index (κ1) is 15.3. The molecular weight excluding hydrogens is 248 g/mol. The van der Waals surface area contributed by atoms with Crippen LogP contribution in [0.2, 0.25) is 0 Å². The number of thioether (sulfide) groups is 1. The molecule has 1 unspecified atom stereocenters. The Labute approximate surface area is 113 Å². The van der Waals surface area contributed by atoms with Crippen molar-refractivity contribution in [3.63, 3.8) is 0 Å². The average Bonchev–Trinajstić information content (AvgIpc) is 2.65. The van der Waals surface area contributed by atoms with Gasteiger partial charge in [0.15, 0.2) is 5.16 Å². The summed E-state index contributed by atoms with van der Waals surface area (Å²) in [6, 6.07) is 0.572. The Balaban J connectivity index is 2.70. The highest BCUT2D eigenvalue weighted by molar-refractivity contribution is 7.99. The van der Waals surface area contributed by atoms with Crippen LogP contribution in [-0.2, 0) is 0 Å². The Morgan fingerprint density at radius 2 is 2.06 bits per heavy atom. The van der Waals surface area contributed by atoms with Crippen LogP contribution in [0.5, 0.6) is 0 Å². The number of nitrogens with zero attached hydrogens (tertiary/aromatic N) is 2. The van der Waals surface area contributed by atoms with E-state index in [-0.39, 0.29) is 11.7 Å². The summed E-state index contributed by atoms with van der Waals surface area (Å²) in [5, 5.41) is 10.8. The van der Waals surface area contributed by atoms with Crippen LogP contribution < -0.4 is 11.0 Å². The van der Waals surface area contributed by atoms with Crippen molar-refractivity contribution in [1.82, 2.24) is 20.1 Å². The Morgan fingerprint density at radius 1 is 1.39 bits per heavy atom. The number of aromatic amines is 1. The third kappa shape index (κ3) is 3.88. The molecule has 0 bridgehead atoms. The van der Waals surface area contributed by atoms with E-state index in [0.717, 1.165) is 17.5 Å². The van der Waals surface area contributed by atoms with Crippen molar-refractivity contribution < 1.29 is 0 Å². The summed E-state index contributed by atoms with van der Waals surface area (Å²) in [5.74, 6) is 1.48. The molecule has 6 heteroatoms. The molecule has 1 rings (SSSR count). The highest BCUT2D eigenvalue weighted by atomic mass is 32.2. The molecule has 0 aliphatic heterocycles. The predicted octanol–water partition coefficient (Wildman–Crippen LogP) is 1.88. The minimum atomic E-state index is -0.128. The third-order valence-electron chi connectivity index (χ3n) is 2.85. The molecule has 18 heavy (non-hydrogen) atoms. The summed E-state index contributed by atoms with van der Waals surface area (Å²) in [6.07, 6.45) is 0. The molecule has 0 spiro atoms. The van der Waals surface area contributed by atoms with Gasteiger partial charge in [0.2, 0.25) is 0 Å². The maximum absolute atomic E-state index is 11.6. The van der Waals surface area contributed by atoms with Crippen LogP contribution >= 0.6 is 11.8 Å². The Kier molecular flexibility index (Phi) is 5.95. The predicted molar refractivity (Wildman–Crippen MR) is 76.3 cm³/mol. The van der Waals surface area contributed by atoms with Gasteiger partial charge in [0.25, 0.3) is 0 Å². The Hall–Kier alpha value is -0.750. The topological polar surface area (TPSA) is 62.7 Å². The monoisotopic (exact) mass is 272 g/mol. The quantitative estimate of drug-likeness (QED) is 0.744. The van der Waals surface area contributed by atoms with E-state index in [9.17, 15) is 4.79 Å². The van der Waals surface area contributed by atoms with Gasteiger partial charge in [0.1, 0.15) is 0 Å². The normalized spacial score (nSPS) is 13.5. The van der Waals surface area contributed by atoms with Crippen LogP contribution in [0.1, 0.15) is 40.7 Å². The molecule has 5 nitrogen and oxygen atoms in total. The van der Waals surface area contributed by atoms with E-state index >= 15 is 0 Å². The molecule has 1 aromatic rings. The number of rotatable bonds is 7. The first-order valence-corrected chi connectivity index (χ1v) is 7.49. The third-order valence-corrected chi connectivity index (χ3v) is 3.92. The molecule has 104 valence electrons. The van der Waals surface area contributed by atoms with Gasteiger partial charge in [-0.15, -0.1) is 5.10 Å². The minimum absolute atomic E-state index is 0.128. The maximum Gasteiger partial charge on any atom is 0.344 e. The second-order valence-electron chi connectivity index (χ2n) is 4.99. The van der Waals surface area contributed by atoms with Crippen molar-refractivity contribution in [2.24, 2.45) is 5.92 Å². The van der Waals surface area contributed by atoms with Crippen molar-refractivity contribution in [2.75, 3.05) is 12.3 Å². The lowest BCUT2D eigenvalue weighted by Crippen LogP contribution is -2.36. The van der Waals surface area contributed by atoms with E-state index in [1.165, 1.54) is 0 Å². The first-order valence-electron chi connectivity index (χ1n) is 6.50. The minimum Gasteiger partial charge on any atom is -0.313 e. The van der Waals surface area contributed by atoms with Gasteiger partial charge >= 0.3 is 5.69 Å². The zero-order valence-electron chi connectivity index (χ0n) is 11.9. The van der Waals surface area contributed by atoms with E-state index < -0.39 is 0 Å². The molecule has 1 heterocycles. The standard InChI is InChI=1S/C12H24N4OS/c1-6-13-10(8(2)3)7-18-12-15-14-11(17)16(12)9(4)5/h8-10,13H,6-7H2,1-5H3,(H,14,17). The van der Waals surface area contributed by atoms with E-state index in [2.05, 4.69) is 36.3 Å². The largest absolute Gasteiger partial charge is 0.344 e. The average molecular weight is 272 g/mol. The van der Waals surface area contributed by atoms with Gasteiger partial charge in [-0.1, -0.05) is 32.5 Å². The zero-order valence-corrected chi connectivity index (χ0v) is 12.7. The summed E-state index contributed by atoms with van der Waals surface area (Å²) < 4.78 is 1.70. The first-order chi connectivity index (χ1) is 8.47. The van der Waals surface area contributed by atoms with Crippen LogP contribution in [0, 0.1) is 5.92 Å². The van der Waals surface area contributed by atoms with Crippen molar-refractivity contribution in [3.05, 3.63) is 10.5 Å². The molecule has 0 fully saturated rings. The summed E-state index contributed by atoms with van der Waals surface area (Å²) in [6.45, 7) is 11.5. The lowest BCUT2D eigenvalue weighted by molar-refractivity contribution is 0.442. The van der Waals surface area contributed by atoms with Gasteiger partial charge < -0.3 is 5.32 Å². The van der Waals surface area contributed by atoms with E-state index in [1.807, 2.05) is 13.8 Å². The fourth-order valence-electron chi connectivity index (χ4n) is 1.76. The second kappa shape index (κ2) is 6.99. The van der Waals surface area contributed by atoms with E-state index in [4.69, 9.17) is 0 Å². The summed E-state index contributed by atoms with van der Waals surface area (Å²) in [4.78, 5) is 11.6. The highest BCUT2D eigenvalue weighted by Crippen LogP contribution is 2.19. The fraction of sp³-hybridized carbons (Fsp3) is 0.833. The molecule has 0 amide bonds. The molecule has 2 N–H and O–H groups in total. The summed E-state index contributed by atoms with van der Waals surface area (Å²) >= 11 is 1.63. The number of hydrogen-bond acceptors (Lipinski definition) is 4. The van der Waals surface area contributed by atoms with Gasteiger partial charge in [-0.3, -0.25) is 4.57 Å². The maximum atomic E-state index is 11.6.